The van der Waals surface area contributed by atoms with Gasteiger partial charge in [-0.25, -0.2) is 4.98 Å². The molecule has 0 bridgehead atoms. The minimum Gasteiger partial charge on any atom is -0.496 e. The normalized spacial score (nSPS) is 14.4. The predicted octanol–water partition coefficient (Wildman–Crippen LogP) is 2.63. The average molecular weight is 356 g/mol. The first-order chi connectivity index (χ1) is 12.2. The van der Waals surface area contributed by atoms with Crippen LogP contribution in [0, 0.1) is 11.3 Å². The summed E-state index contributed by atoms with van der Waals surface area (Å²) in [5, 5.41) is 9.87. The topological polar surface area (TPSA) is 82.0 Å². The van der Waals surface area contributed by atoms with Crippen LogP contribution < -0.4 is 10.3 Å². The lowest BCUT2D eigenvalue weighted by atomic mass is 10.0. The highest BCUT2D eigenvalue weighted by Gasteiger charge is 2.18. The molecule has 130 valence electrons. The van der Waals surface area contributed by atoms with E-state index in [9.17, 15) is 10.1 Å². The number of rotatable bonds is 5. The summed E-state index contributed by atoms with van der Waals surface area (Å²) < 4.78 is 5.49. The summed E-state index contributed by atoms with van der Waals surface area (Å²) in [6.45, 7) is 2.95. The maximum absolute atomic E-state index is 12.1. The molecule has 3 rings (SSSR count). The number of nitrogens with zero attached hydrogens (tertiary/aromatic N) is 3. The molecule has 0 atom stereocenters. The third-order valence-electron chi connectivity index (χ3n) is 4.35. The van der Waals surface area contributed by atoms with E-state index in [-0.39, 0.29) is 5.56 Å². The number of ether oxygens (including phenoxy) is 1. The molecular weight excluding hydrogens is 336 g/mol. The number of aromatic amines is 1. The third-order valence-corrected chi connectivity index (χ3v) is 4.93. The zero-order valence-electron chi connectivity index (χ0n) is 14.3. The molecule has 1 aliphatic rings. The number of hydrogen-bond acceptors (Lipinski definition) is 6. The Balaban J connectivity index is 2.07. The Hall–Kier alpha value is -2.30. The van der Waals surface area contributed by atoms with Crippen molar-refractivity contribution in [1.29, 1.82) is 5.26 Å². The number of likely N-dealkylation sites (tertiary alicyclic amines) is 1. The molecule has 0 saturated carbocycles. The Kier molecular flexibility index (Phi) is 5.41. The van der Waals surface area contributed by atoms with Gasteiger partial charge in [-0.2, -0.15) is 5.26 Å². The fraction of sp³-hybridized carbons (Fsp3) is 0.389. The number of H-pyrrole nitrogens is 1. The minimum absolute atomic E-state index is 0.0371. The number of aromatic nitrogens is 2. The van der Waals surface area contributed by atoms with Crippen LogP contribution in [0.2, 0.25) is 0 Å². The molecule has 0 spiro atoms. The summed E-state index contributed by atoms with van der Waals surface area (Å²) in [6.07, 6.45) is 4.27. The largest absolute Gasteiger partial charge is 0.496 e. The molecular formula is C18H20N4O2S. The van der Waals surface area contributed by atoms with E-state index >= 15 is 0 Å². The number of methoxy groups -OCH3 is 1. The van der Waals surface area contributed by atoms with Crippen LogP contribution in [-0.4, -0.2) is 41.3 Å². The molecule has 0 unspecified atom stereocenters. The summed E-state index contributed by atoms with van der Waals surface area (Å²) >= 11 is 1.34. The molecule has 1 aromatic carbocycles. The van der Waals surface area contributed by atoms with E-state index < -0.39 is 5.56 Å². The van der Waals surface area contributed by atoms with Crippen LogP contribution in [-0.2, 0) is 6.54 Å². The van der Waals surface area contributed by atoms with Gasteiger partial charge in [0.2, 0.25) is 0 Å². The minimum atomic E-state index is -0.409. The Bertz CT molecular complexity index is 866. The van der Waals surface area contributed by atoms with Crippen molar-refractivity contribution in [2.24, 2.45) is 0 Å². The third kappa shape index (κ3) is 3.70. The van der Waals surface area contributed by atoms with Crippen LogP contribution in [0.25, 0.3) is 11.3 Å². The average Bonchev–Trinajstić information content (AvgIpc) is 3.14. The lowest BCUT2D eigenvalue weighted by molar-refractivity contribution is 0.321. The first-order valence-corrected chi connectivity index (χ1v) is 9.36. The van der Waals surface area contributed by atoms with E-state index in [1.165, 1.54) is 24.6 Å². The molecule has 1 fully saturated rings. The summed E-state index contributed by atoms with van der Waals surface area (Å²) in [6, 6.07) is 7.68. The van der Waals surface area contributed by atoms with Crippen LogP contribution in [0.4, 0.5) is 0 Å². The number of thioether (sulfide) groups is 1. The summed E-state index contributed by atoms with van der Waals surface area (Å²) in [5.74, 6) is 0.809. The molecule has 1 aromatic heterocycles. The molecule has 1 N–H and O–H groups in total. The van der Waals surface area contributed by atoms with E-state index in [2.05, 4.69) is 14.9 Å². The van der Waals surface area contributed by atoms with Crippen LogP contribution >= 0.6 is 11.8 Å². The number of nitriles is 1. The zero-order chi connectivity index (χ0) is 17.8. The monoisotopic (exact) mass is 356 g/mol. The molecule has 1 saturated heterocycles. The van der Waals surface area contributed by atoms with Gasteiger partial charge in [0.05, 0.1) is 12.8 Å². The molecule has 25 heavy (non-hydrogen) atoms. The van der Waals surface area contributed by atoms with Crippen molar-refractivity contribution < 1.29 is 4.74 Å². The van der Waals surface area contributed by atoms with Gasteiger partial charge in [0.1, 0.15) is 17.4 Å². The lowest BCUT2D eigenvalue weighted by Crippen LogP contribution is -2.19. The lowest BCUT2D eigenvalue weighted by Gasteiger charge is -2.18. The van der Waals surface area contributed by atoms with Crippen LogP contribution in [0.1, 0.15) is 24.0 Å². The van der Waals surface area contributed by atoms with Gasteiger partial charge in [-0.3, -0.25) is 9.69 Å². The Morgan fingerprint density at radius 2 is 2.16 bits per heavy atom. The van der Waals surface area contributed by atoms with Crippen molar-refractivity contribution in [3.63, 3.8) is 0 Å². The van der Waals surface area contributed by atoms with Crippen LogP contribution in [0.3, 0.4) is 0 Å². The van der Waals surface area contributed by atoms with Crippen LogP contribution in [0.15, 0.2) is 28.2 Å². The van der Waals surface area contributed by atoms with E-state index in [1.807, 2.05) is 30.5 Å². The zero-order valence-corrected chi connectivity index (χ0v) is 15.2. The molecule has 0 aliphatic carbocycles. The van der Waals surface area contributed by atoms with Crippen LogP contribution in [0.5, 0.6) is 5.75 Å². The smallest absolute Gasteiger partial charge is 0.270 e. The molecule has 1 aliphatic heterocycles. The highest BCUT2D eigenvalue weighted by atomic mass is 32.2. The fourth-order valence-electron chi connectivity index (χ4n) is 3.09. The van der Waals surface area contributed by atoms with Gasteiger partial charge < -0.3 is 9.72 Å². The standard InChI is InChI=1S/C18H20N4O2S/c1-24-15-6-5-12(9-13(15)11-22-7-3-4-8-22)16-14(10-19)17(23)21-18(20-16)25-2/h5-6,9H,3-4,7-8,11H2,1-2H3,(H,20,21,23). The number of hydrogen-bond donors (Lipinski definition) is 1. The van der Waals surface area contributed by atoms with Gasteiger partial charge in [0.25, 0.3) is 5.56 Å². The Morgan fingerprint density at radius 1 is 1.40 bits per heavy atom. The van der Waals surface area contributed by atoms with E-state index in [0.29, 0.717) is 10.9 Å². The first kappa shape index (κ1) is 17.5. The van der Waals surface area contributed by atoms with Crippen molar-refractivity contribution in [3.8, 4) is 23.1 Å². The molecule has 2 aromatic rings. The van der Waals surface area contributed by atoms with Gasteiger partial charge in [-0.1, -0.05) is 11.8 Å². The summed E-state index contributed by atoms with van der Waals surface area (Å²) in [5.41, 5.74) is 1.84. The van der Waals surface area contributed by atoms with Crippen molar-refractivity contribution in [3.05, 3.63) is 39.7 Å². The van der Waals surface area contributed by atoms with Crippen molar-refractivity contribution >= 4 is 11.8 Å². The van der Waals surface area contributed by atoms with Crippen molar-refractivity contribution in [2.45, 2.75) is 24.5 Å². The summed E-state index contributed by atoms with van der Waals surface area (Å²) in [4.78, 5) is 21.6. The van der Waals surface area contributed by atoms with Crippen molar-refractivity contribution in [1.82, 2.24) is 14.9 Å². The second-order valence-corrected chi connectivity index (χ2v) is 6.72. The molecule has 2 heterocycles. The quantitative estimate of drug-likeness (QED) is 0.655. The number of benzene rings is 1. The second-order valence-electron chi connectivity index (χ2n) is 5.92. The van der Waals surface area contributed by atoms with E-state index in [0.717, 1.165) is 36.5 Å². The van der Waals surface area contributed by atoms with Gasteiger partial charge in [0, 0.05) is 17.7 Å². The number of nitrogens with one attached hydrogen (secondary N) is 1. The first-order valence-electron chi connectivity index (χ1n) is 8.14. The Labute approximate surface area is 150 Å². The fourth-order valence-corrected chi connectivity index (χ4v) is 3.47. The molecule has 0 radical (unpaired) electrons. The molecule has 6 nitrogen and oxygen atoms in total. The maximum atomic E-state index is 12.1. The maximum Gasteiger partial charge on any atom is 0.270 e. The van der Waals surface area contributed by atoms with Crippen molar-refractivity contribution in [2.75, 3.05) is 26.5 Å². The van der Waals surface area contributed by atoms with E-state index in [4.69, 9.17) is 4.74 Å². The SMILES string of the molecule is COc1ccc(-c2nc(SC)[nH]c(=O)c2C#N)cc1CN1CCCC1. The highest BCUT2D eigenvalue weighted by Crippen LogP contribution is 2.29. The predicted molar refractivity (Wildman–Crippen MR) is 97.9 cm³/mol. The molecule has 0 amide bonds. The van der Waals surface area contributed by atoms with Gasteiger partial charge in [-0.15, -0.1) is 0 Å². The Morgan fingerprint density at radius 3 is 2.80 bits per heavy atom. The second kappa shape index (κ2) is 7.72. The van der Waals surface area contributed by atoms with Gasteiger partial charge in [-0.05, 0) is 50.4 Å². The van der Waals surface area contributed by atoms with E-state index in [1.54, 1.807) is 7.11 Å². The van der Waals surface area contributed by atoms with Gasteiger partial charge in [0.15, 0.2) is 5.16 Å². The highest BCUT2D eigenvalue weighted by molar-refractivity contribution is 7.98. The summed E-state index contributed by atoms with van der Waals surface area (Å²) in [7, 11) is 1.65. The molecule has 7 heteroatoms. The van der Waals surface area contributed by atoms with Gasteiger partial charge >= 0.3 is 0 Å².